The van der Waals surface area contributed by atoms with Crippen molar-refractivity contribution in [3.05, 3.63) is 35.9 Å². The molecule has 4 heteroatoms. The molecule has 0 spiro atoms. The average Bonchev–Trinajstić information content (AvgIpc) is 2.38. The van der Waals surface area contributed by atoms with Gasteiger partial charge < -0.3 is 14.6 Å². The van der Waals surface area contributed by atoms with Gasteiger partial charge in [0.25, 0.3) is 0 Å². The highest BCUT2D eigenvalue weighted by molar-refractivity contribution is 5.76. The fraction of sp³-hybridized carbons (Fsp3) is 0.462. The van der Waals surface area contributed by atoms with Crippen LogP contribution >= 0.6 is 0 Å². The van der Waals surface area contributed by atoms with Gasteiger partial charge in [-0.05, 0) is 19.4 Å². The van der Waals surface area contributed by atoms with Crippen molar-refractivity contribution in [2.75, 3.05) is 13.7 Å². The Morgan fingerprint density at radius 2 is 2.00 bits per heavy atom. The van der Waals surface area contributed by atoms with Gasteiger partial charge in [0, 0.05) is 7.11 Å². The standard InChI is InChI=1S/C13H18O4/c1-4-17-12(15)11(14)13(2,16-3)10-8-6-5-7-9-10/h5-9,11,14H,4H2,1-3H3/t11-,13-/m0/s1. The Balaban J connectivity index is 3.00. The summed E-state index contributed by atoms with van der Waals surface area (Å²) in [6.07, 6.45) is -1.35. The van der Waals surface area contributed by atoms with Crippen molar-refractivity contribution in [1.29, 1.82) is 0 Å². The minimum absolute atomic E-state index is 0.227. The smallest absolute Gasteiger partial charge is 0.338 e. The number of hydrogen-bond acceptors (Lipinski definition) is 4. The van der Waals surface area contributed by atoms with Crippen molar-refractivity contribution in [2.45, 2.75) is 25.6 Å². The van der Waals surface area contributed by atoms with Gasteiger partial charge in [0.1, 0.15) is 5.60 Å². The molecule has 1 N–H and O–H groups in total. The Hall–Kier alpha value is -1.39. The Morgan fingerprint density at radius 3 is 2.47 bits per heavy atom. The first-order valence-corrected chi connectivity index (χ1v) is 5.51. The van der Waals surface area contributed by atoms with E-state index >= 15 is 0 Å². The van der Waals surface area contributed by atoms with Gasteiger partial charge in [0.05, 0.1) is 6.61 Å². The number of carbonyl (C=O) groups is 1. The highest BCUT2D eigenvalue weighted by Gasteiger charge is 2.40. The molecule has 1 rings (SSSR count). The summed E-state index contributed by atoms with van der Waals surface area (Å²) in [7, 11) is 1.45. The van der Waals surface area contributed by atoms with Crippen molar-refractivity contribution in [3.8, 4) is 0 Å². The molecule has 0 aromatic heterocycles. The SMILES string of the molecule is CCOC(=O)[C@H](O)[C@@](C)(OC)c1ccccc1. The van der Waals surface area contributed by atoms with E-state index in [1.807, 2.05) is 18.2 Å². The van der Waals surface area contributed by atoms with Gasteiger partial charge in [-0.15, -0.1) is 0 Å². The Kier molecular flexibility index (Phi) is 4.66. The predicted octanol–water partition coefficient (Wildman–Crippen LogP) is 1.47. The van der Waals surface area contributed by atoms with Crippen LogP contribution in [0.25, 0.3) is 0 Å². The van der Waals surface area contributed by atoms with Crippen molar-refractivity contribution in [2.24, 2.45) is 0 Å². The molecule has 0 aliphatic carbocycles. The molecule has 0 amide bonds. The van der Waals surface area contributed by atoms with Crippen LogP contribution in [-0.4, -0.2) is 30.9 Å². The van der Waals surface area contributed by atoms with Crippen molar-refractivity contribution in [1.82, 2.24) is 0 Å². The molecule has 0 bridgehead atoms. The molecule has 94 valence electrons. The number of methoxy groups -OCH3 is 1. The van der Waals surface area contributed by atoms with Crippen LogP contribution in [-0.2, 0) is 19.9 Å². The monoisotopic (exact) mass is 238 g/mol. The zero-order chi connectivity index (χ0) is 12.9. The molecule has 0 aliphatic heterocycles. The Morgan fingerprint density at radius 1 is 1.41 bits per heavy atom. The maximum atomic E-state index is 11.6. The van der Waals surface area contributed by atoms with E-state index in [0.29, 0.717) is 0 Å². The summed E-state index contributed by atoms with van der Waals surface area (Å²) < 4.78 is 10.1. The molecular formula is C13H18O4. The van der Waals surface area contributed by atoms with Gasteiger partial charge in [-0.3, -0.25) is 0 Å². The minimum Gasteiger partial charge on any atom is -0.464 e. The first-order valence-electron chi connectivity index (χ1n) is 5.51. The largest absolute Gasteiger partial charge is 0.464 e. The van der Waals surface area contributed by atoms with E-state index in [4.69, 9.17) is 9.47 Å². The van der Waals surface area contributed by atoms with E-state index in [2.05, 4.69) is 0 Å². The van der Waals surface area contributed by atoms with Gasteiger partial charge in [-0.25, -0.2) is 4.79 Å². The first-order chi connectivity index (χ1) is 8.06. The lowest BCUT2D eigenvalue weighted by atomic mass is 9.90. The fourth-order valence-electron chi connectivity index (χ4n) is 1.60. The maximum absolute atomic E-state index is 11.6. The van der Waals surface area contributed by atoms with E-state index in [1.165, 1.54) is 7.11 Å². The molecule has 0 heterocycles. The molecular weight excluding hydrogens is 220 g/mol. The van der Waals surface area contributed by atoms with E-state index in [9.17, 15) is 9.90 Å². The number of ether oxygens (including phenoxy) is 2. The van der Waals surface area contributed by atoms with E-state index in [1.54, 1.807) is 26.0 Å². The number of carbonyl (C=O) groups excluding carboxylic acids is 1. The summed E-state index contributed by atoms with van der Waals surface area (Å²) >= 11 is 0. The second-order valence-corrected chi connectivity index (χ2v) is 3.83. The molecule has 0 radical (unpaired) electrons. The highest BCUT2D eigenvalue weighted by Crippen LogP contribution is 2.29. The molecule has 4 nitrogen and oxygen atoms in total. The van der Waals surface area contributed by atoms with E-state index in [-0.39, 0.29) is 6.61 Å². The normalized spacial score (nSPS) is 16.0. The molecule has 1 aromatic carbocycles. The molecule has 1 aromatic rings. The third kappa shape index (κ3) is 2.84. The minimum atomic E-state index is -1.35. The highest BCUT2D eigenvalue weighted by atomic mass is 16.6. The molecule has 2 atom stereocenters. The van der Waals surface area contributed by atoms with Crippen molar-refractivity contribution in [3.63, 3.8) is 0 Å². The lowest BCUT2D eigenvalue weighted by Crippen LogP contribution is -2.44. The van der Waals surface area contributed by atoms with Crippen LogP contribution in [0.4, 0.5) is 0 Å². The summed E-state index contributed by atoms with van der Waals surface area (Å²) in [5, 5.41) is 10.0. The van der Waals surface area contributed by atoms with Crippen molar-refractivity contribution < 1.29 is 19.4 Å². The number of esters is 1. The summed E-state index contributed by atoms with van der Waals surface area (Å²) in [5.41, 5.74) is -0.379. The molecule has 0 fully saturated rings. The fourth-order valence-corrected chi connectivity index (χ4v) is 1.60. The van der Waals surface area contributed by atoms with Crippen molar-refractivity contribution >= 4 is 5.97 Å². The quantitative estimate of drug-likeness (QED) is 0.789. The summed E-state index contributed by atoms with van der Waals surface area (Å²) in [6.45, 7) is 3.58. The topological polar surface area (TPSA) is 55.8 Å². The van der Waals surface area contributed by atoms with Crippen LogP contribution in [0.1, 0.15) is 19.4 Å². The Bertz CT molecular complexity index is 363. The lowest BCUT2D eigenvalue weighted by molar-refractivity contribution is -0.172. The van der Waals surface area contributed by atoms with Gasteiger partial charge in [0.2, 0.25) is 0 Å². The van der Waals surface area contributed by atoms with Gasteiger partial charge in [-0.2, -0.15) is 0 Å². The summed E-state index contributed by atoms with van der Waals surface area (Å²) in [6, 6.07) is 9.10. The zero-order valence-corrected chi connectivity index (χ0v) is 10.3. The Labute approximate surface area is 101 Å². The maximum Gasteiger partial charge on any atom is 0.338 e. The molecule has 0 saturated heterocycles. The number of aliphatic hydroxyl groups is 1. The van der Waals surface area contributed by atoms with Crippen LogP contribution in [0.2, 0.25) is 0 Å². The second-order valence-electron chi connectivity index (χ2n) is 3.83. The van der Waals surface area contributed by atoms with Crippen LogP contribution in [0.15, 0.2) is 30.3 Å². The first kappa shape index (κ1) is 13.7. The van der Waals surface area contributed by atoms with E-state index in [0.717, 1.165) is 5.56 Å². The molecule has 0 unspecified atom stereocenters. The zero-order valence-electron chi connectivity index (χ0n) is 10.3. The van der Waals surface area contributed by atoms with Gasteiger partial charge in [0.15, 0.2) is 6.10 Å². The number of aliphatic hydroxyl groups excluding tert-OH is 1. The van der Waals surface area contributed by atoms with Crippen LogP contribution < -0.4 is 0 Å². The van der Waals surface area contributed by atoms with Gasteiger partial charge >= 0.3 is 5.97 Å². The van der Waals surface area contributed by atoms with Crippen LogP contribution in [0, 0.1) is 0 Å². The number of rotatable bonds is 5. The second kappa shape index (κ2) is 5.80. The molecule has 0 saturated carbocycles. The van der Waals surface area contributed by atoms with E-state index < -0.39 is 17.7 Å². The molecule has 0 aliphatic rings. The summed E-state index contributed by atoms with van der Waals surface area (Å²) in [4.78, 5) is 11.6. The number of benzene rings is 1. The third-order valence-electron chi connectivity index (χ3n) is 2.80. The summed E-state index contributed by atoms with van der Waals surface area (Å²) in [5.74, 6) is -0.680. The predicted molar refractivity (Wildman–Crippen MR) is 63.4 cm³/mol. The lowest BCUT2D eigenvalue weighted by Gasteiger charge is -2.32. The van der Waals surface area contributed by atoms with Crippen LogP contribution in [0.5, 0.6) is 0 Å². The third-order valence-corrected chi connectivity index (χ3v) is 2.80. The molecule has 17 heavy (non-hydrogen) atoms. The average molecular weight is 238 g/mol. The van der Waals surface area contributed by atoms with Crippen LogP contribution in [0.3, 0.4) is 0 Å². The number of hydrogen-bond donors (Lipinski definition) is 1. The van der Waals surface area contributed by atoms with Gasteiger partial charge in [-0.1, -0.05) is 30.3 Å².